The van der Waals surface area contributed by atoms with Crippen LogP contribution in [-0.4, -0.2) is 33.6 Å². The molecule has 1 aromatic rings. The van der Waals surface area contributed by atoms with E-state index in [2.05, 4.69) is 9.44 Å². The quantitative estimate of drug-likeness (QED) is 0.607. The number of carbonyl (C=O) groups is 1. The molecule has 0 saturated heterocycles. The lowest BCUT2D eigenvalue weighted by Crippen LogP contribution is -2.13. The molecule has 7 heteroatoms. The van der Waals surface area contributed by atoms with Crippen molar-refractivity contribution >= 4 is 21.6 Å². The summed E-state index contributed by atoms with van der Waals surface area (Å²) in [5.74, 6) is -0.207. The number of hydrogen-bond acceptors (Lipinski definition) is 6. The molecule has 0 spiro atoms. The van der Waals surface area contributed by atoms with E-state index in [4.69, 9.17) is 4.74 Å². The minimum absolute atomic E-state index is 0.00584. The number of nitrogens with zero attached hydrogens (tertiary/aromatic N) is 1. The fourth-order valence-corrected chi connectivity index (χ4v) is 2.37. The highest BCUT2D eigenvalue weighted by molar-refractivity contribution is 7.86. The van der Waals surface area contributed by atoms with Gasteiger partial charge in [0.15, 0.2) is 5.78 Å². The lowest BCUT2D eigenvalue weighted by Gasteiger charge is -2.07. The highest BCUT2D eigenvalue weighted by atomic mass is 32.2. The summed E-state index contributed by atoms with van der Waals surface area (Å²) in [6.45, 7) is 0.119. The molecule has 0 unspecified atom stereocenters. The highest BCUT2D eigenvalue weighted by Crippen LogP contribution is 2.13. The summed E-state index contributed by atoms with van der Waals surface area (Å²) < 4.78 is 33.3. The second-order valence-electron chi connectivity index (χ2n) is 4.16. The van der Waals surface area contributed by atoms with Crippen LogP contribution in [0, 0.1) is 0 Å². The summed E-state index contributed by atoms with van der Waals surface area (Å²) in [4.78, 5) is 11.5. The first kappa shape index (κ1) is 15.1. The Labute approximate surface area is 122 Å². The molecule has 0 aliphatic heterocycles. The van der Waals surface area contributed by atoms with Crippen LogP contribution in [0.1, 0.15) is 0 Å². The third-order valence-corrected chi connectivity index (χ3v) is 3.74. The number of allylic oxidation sites excluding steroid dienone is 3. The van der Waals surface area contributed by atoms with Gasteiger partial charge in [0.1, 0.15) is 10.6 Å². The zero-order chi connectivity index (χ0) is 15.3. The summed E-state index contributed by atoms with van der Waals surface area (Å²) in [6, 6.07) is 7.67. The molecular formula is C14H13NO5S. The maximum atomic E-state index is 11.9. The molecule has 21 heavy (non-hydrogen) atoms. The van der Waals surface area contributed by atoms with E-state index in [1.54, 1.807) is 18.2 Å². The Balaban J connectivity index is 2.18. The van der Waals surface area contributed by atoms with E-state index in [0.717, 1.165) is 0 Å². The second-order valence-corrected chi connectivity index (χ2v) is 5.69. The Morgan fingerprint density at radius 1 is 1.14 bits per heavy atom. The number of oxime groups is 1. The molecule has 0 bridgehead atoms. The van der Waals surface area contributed by atoms with Crippen molar-refractivity contribution in [3.05, 3.63) is 54.1 Å². The SMILES string of the molecule is COCC1=CC(=NOS(=O)(=O)c2ccccc2)C=CC1=O. The number of benzene rings is 1. The Kier molecular flexibility index (Phi) is 4.66. The van der Waals surface area contributed by atoms with Crippen molar-refractivity contribution < 1.29 is 22.2 Å². The van der Waals surface area contributed by atoms with Gasteiger partial charge in [-0.25, -0.2) is 0 Å². The minimum Gasteiger partial charge on any atom is -0.380 e. The number of ether oxygens (including phenoxy) is 1. The fourth-order valence-electron chi connectivity index (χ4n) is 1.61. The summed E-state index contributed by atoms with van der Waals surface area (Å²) in [6.07, 6.45) is 4.08. The summed E-state index contributed by atoms with van der Waals surface area (Å²) in [5.41, 5.74) is 0.598. The lowest BCUT2D eigenvalue weighted by atomic mass is 10.0. The molecule has 6 nitrogen and oxygen atoms in total. The van der Waals surface area contributed by atoms with E-state index < -0.39 is 10.1 Å². The standard InChI is InChI=1S/C14H13NO5S/c1-19-10-11-9-12(7-8-14(11)16)15-20-21(17,18)13-5-3-2-4-6-13/h2-9H,10H2,1H3. The Bertz CT molecular complexity index is 717. The number of methoxy groups -OCH3 is 1. The number of hydrogen-bond donors (Lipinski definition) is 0. The van der Waals surface area contributed by atoms with Gasteiger partial charge in [-0.15, -0.1) is 0 Å². The summed E-state index contributed by atoms with van der Waals surface area (Å²) >= 11 is 0. The molecule has 0 radical (unpaired) electrons. The average Bonchev–Trinajstić information content (AvgIpc) is 2.49. The molecule has 0 fully saturated rings. The van der Waals surface area contributed by atoms with Gasteiger partial charge in [0.2, 0.25) is 0 Å². The van der Waals surface area contributed by atoms with Crippen molar-refractivity contribution in [1.82, 2.24) is 0 Å². The molecule has 110 valence electrons. The first-order valence-electron chi connectivity index (χ1n) is 6.01. The van der Waals surface area contributed by atoms with Crippen molar-refractivity contribution in [2.24, 2.45) is 5.16 Å². The largest absolute Gasteiger partial charge is 0.380 e. The van der Waals surface area contributed by atoms with Crippen LogP contribution in [0.15, 0.2) is 64.2 Å². The predicted octanol–water partition coefficient (Wildman–Crippen LogP) is 1.46. The van der Waals surface area contributed by atoms with Crippen molar-refractivity contribution in [1.29, 1.82) is 0 Å². The number of carbonyl (C=O) groups excluding carboxylic acids is 1. The van der Waals surface area contributed by atoms with Gasteiger partial charge >= 0.3 is 10.1 Å². The van der Waals surface area contributed by atoms with E-state index >= 15 is 0 Å². The molecular weight excluding hydrogens is 294 g/mol. The fraction of sp³-hybridized carbons (Fsp3) is 0.143. The van der Waals surface area contributed by atoms with Crippen molar-refractivity contribution in [2.75, 3.05) is 13.7 Å². The van der Waals surface area contributed by atoms with Crippen molar-refractivity contribution in [3.8, 4) is 0 Å². The van der Waals surface area contributed by atoms with E-state index in [1.807, 2.05) is 0 Å². The molecule has 0 heterocycles. The smallest absolute Gasteiger partial charge is 0.358 e. The van der Waals surface area contributed by atoms with E-state index in [0.29, 0.717) is 5.57 Å². The Morgan fingerprint density at radius 2 is 1.86 bits per heavy atom. The Morgan fingerprint density at radius 3 is 2.52 bits per heavy atom. The Hall–Kier alpha value is -2.25. The summed E-state index contributed by atoms with van der Waals surface area (Å²) in [7, 11) is -2.51. The minimum atomic E-state index is -3.97. The van der Waals surface area contributed by atoms with E-state index in [1.165, 1.54) is 37.5 Å². The first-order chi connectivity index (χ1) is 10.0. The van der Waals surface area contributed by atoms with Crippen molar-refractivity contribution in [2.45, 2.75) is 4.90 Å². The maximum Gasteiger partial charge on any atom is 0.358 e. The average molecular weight is 307 g/mol. The van der Waals surface area contributed by atoms with Gasteiger partial charge in [-0.3, -0.25) is 9.08 Å². The second kappa shape index (κ2) is 6.47. The molecule has 0 N–H and O–H groups in total. The molecule has 0 saturated carbocycles. The molecule has 0 atom stereocenters. The highest BCUT2D eigenvalue weighted by Gasteiger charge is 2.16. The zero-order valence-corrected chi connectivity index (χ0v) is 12.0. The van der Waals surface area contributed by atoms with Gasteiger partial charge in [0.05, 0.1) is 6.61 Å². The van der Waals surface area contributed by atoms with Gasteiger partial charge in [0, 0.05) is 12.7 Å². The molecule has 1 aromatic carbocycles. The van der Waals surface area contributed by atoms with Crippen LogP contribution in [0.25, 0.3) is 0 Å². The van der Waals surface area contributed by atoms with Crippen LogP contribution >= 0.6 is 0 Å². The normalized spacial score (nSPS) is 16.9. The van der Waals surface area contributed by atoms with Gasteiger partial charge in [-0.1, -0.05) is 23.4 Å². The molecule has 1 aliphatic carbocycles. The summed E-state index contributed by atoms with van der Waals surface area (Å²) in [5, 5.41) is 3.56. The molecule has 0 aromatic heterocycles. The van der Waals surface area contributed by atoms with Crippen LogP contribution in [0.5, 0.6) is 0 Å². The van der Waals surface area contributed by atoms with Crippen LogP contribution in [0.4, 0.5) is 0 Å². The van der Waals surface area contributed by atoms with E-state index in [-0.39, 0.29) is 23.0 Å². The molecule has 2 rings (SSSR count). The predicted molar refractivity (Wildman–Crippen MR) is 76.3 cm³/mol. The lowest BCUT2D eigenvalue weighted by molar-refractivity contribution is -0.111. The zero-order valence-electron chi connectivity index (χ0n) is 11.2. The number of rotatable bonds is 5. The van der Waals surface area contributed by atoms with Gasteiger partial charge in [0.25, 0.3) is 0 Å². The van der Waals surface area contributed by atoms with E-state index in [9.17, 15) is 13.2 Å². The van der Waals surface area contributed by atoms with Crippen LogP contribution in [-0.2, 0) is 23.9 Å². The molecule has 0 amide bonds. The monoisotopic (exact) mass is 307 g/mol. The maximum absolute atomic E-state index is 11.9. The number of ketones is 1. The van der Waals surface area contributed by atoms with Crippen LogP contribution in [0.2, 0.25) is 0 Å². The van der Waals surface area contributed by atoms with Gasteiger partial charge in [-0.2, -0.15) is 8.42 Å². The topological polar surface area (TPSA) is 82.0 Å². The molecule has 1 aliphatic rings. The van der Waals surface area contributed by atoms with Gasteiger partial charge < -0.3 is 4.74 Å². The van der Waals surface area contributed by atoms with Crippen LogP contribution in [0.3, 0.4) is 0 Å². The third kappa shape index (κ3) is 3.87. The van der Waals surface area contributed by atoms with Gasteiger partial charge in [-0.05, 0) is 30.4 Å². The third-order valence-electron chi connectivity index (χ3n) is 2.62. The van der Waals surface area contributed by atoms with Crippen molar-refractivity contribution in [3.63, 3.8) is 0 Å². The first-order valence-corrected chi connectivity index (χ1v) is 7.42. The van der Waals surface area contributed by atoms with Crippen LogP contribution < -0.4 is 0 Å².